The van der Waals surface area contributed by atoms with Crippen LogP contribution in [-0.4, -0.2) is 49.9 Å². The third-order valence-electron chi connectivity index (χ3n) is 6.03. The van der Waals surface area contributed by atoms with Crippen LogP contribution in [0.2, 0.25) is 0 Å². The van der Waals surface area contributed by atoms with Crippen LogP contribution < -0.4 is 10.3 Å². The smallest absolute Gasteiger partial charge is 0.285 e. The fourth-order valence-corrected chi connectivity index (χ4v) is 4.49. The van der Waals surface area contributed by atoms with Crippen LogP contribution in [-0.2, 0) is 0 Å². The summed E-state index contributed by atoms with van der Waals surface area (Å²) < 4.78 is 7.58. The van der Waals surface area contributed by atoms with Gasteiger partial charge in [-0.2, -0.15) is 0 Å². The van der Waals surface area contributed by atoms with Crippen molar-refractivity contribution in [3.8, 4) is 5.75 Å². The number of likely N-dealkylation sites (tertiary alicyclic amines) is 1. The molecule has 2 aliphatic heterocycles. The van der Waals surface area contributed by atoms with Crippen molar-refractivity contribution < 1.29 is 14.3 Å². The van der Waals surface area contributed by atoms with Gasteiger partial charge in [-0.15, -0.1) is 0 Å². The number of aryl methyl sites for hydroxylation is 1. The molecule has 1 N–H and O–H groups in total. The standard InChI is InChI=1S/C22H22N4O4/c1-14-11-19-23-13-16(21(29)26(19)24-14)20(28)25-9-4-7-22(8-10-25)12-17(27)15-5-2-3-6-18(15)30-22/h2-3,5-6,11,13,24H,4,7-10,12H2,1H3. The minimum atomic E-state index is -0.603. The van der Waals surface area contributed by atoms with Crippen LogP contribution in [0.3, 0.4) is 0 Å². The predicted octanol–water partition coefficient (Wildman–Crippen LogP) is 2.36. The number of rotatable bonds is 1. The van der Waals surface area contributed by atoms with E-state index in [9.17, 15) is 14.4 Å². The number of para-hydroxylation sites is 1. The summed E-state index contributed by atoms with van der Waals surface area (Å²) in [6.45, 7) is 2.75. The van der Waals surface area contributed by atoms with E-state index in [0.717, 1.165) is 5.69 Å². The van der Waals surface area contributed by atoms with E-state index in [4.69, 9.17) is 4.74 Å². The zero-order valence-corrected chi connectivity index (χ0v) is 16.7. The first-order valence-electron chi connectivity index (χ1n) is 10.1. The molecule has 30 heavy (non-hydrogen) atoms. The van der Waals surface area contributed by atoms with E-state index in [1.165, 1.54) is 10.7 Å². The normalized spacial score (nSPS) is 21.4. The molecule has 0 saturated carbocycles. The second-order valence-electron chi connectivity index (χ2n) is 8.14. The fourth-order valence-electron chi connectivity index (χ4n) is 4.49. The Morgan fingerprint density at radius 1 is 1.20 bits per heavy atom. The molecule has 5 rings (SSSR count). The molecule has 4 heterocycles. The summed E-state index contributed by atoms with van der Waals surface area (Å²) in [4.78, 5) is 44.4. The van der Waals surface area contributed by atoms with Gasteiger partial charge in [-0.3, -0.25) is 19.5 Å². The summed E-state index contributed by atoms with van der Waals surface area (Å²) in [5.74, 6) is 0.351. The molecule has 2 aliphatic rings. The third kappa shape index (κ3) is 2.99. The number of ketones is 1. The molecular formula is C22H22N4O4. The second kappa shape index (κ2) is 6.83. The quantitative estimate of drug-likeness (QED) is 0.669. The molecule has 2 aromatic heterocycles. The monoisotopic (exact) mass is 406 g/mol. The van der Waals surface area contributed by atoms with Gasteiger partial charge in [-0.25, -0.2) is 9.50 Å². The predicted molar refractivity (Wildman–Crippen MR) is 109 cm³/mol. The molecule has 1 fully saturated rings. The number of H-pyrrole nitrogens is 1. The number of carbonyl (C=O) groups is 2. The van der Waals surface area contributed by atoms with Crippen LogP contribution in [0.15, 0.2) is 41.3 Å². The largest absolute Gasteiger partial charge is 0.486 e. The first kappa shape index (κ1) is 18.6. The number of benzene rings is 1. The van der Waals surface area contributed by atoms with Crippen LogP contribution in [0, 0.1) is 6.92 Å². The van der Waals surface area contributed by atoms with Crippen molar-refractivity contribution in [2.45, 2.75) is 38.2 Å². The van der Waals surface area contributed by atoms with Crippen molar-refractivity contribution in [1.82, 2.24) is 19.5 Å². The Kier molecular flexibility index (Phi) is 4.23. The van der Waals surface area contributed by atoms with E-state index in [-0.39, 0.29) is 17.3 Å². The maximum atomic E-state index is 13.1. The van der Waals surface area contributed by atoms with Crippen molar-refractivity contribution >= 4 is 17.3 Å². The molecule has 1 atom stereocenters. The Morgan fingerprint density at radius 2 is 2.03 bits per heavy atom. The van der Waals surface area contributed by atoms with Gasteiger partial charge in [-0.1, -0.05) is 12.1 Å². The van der Waals surface area contributed by atoms with Crippen LogP contribution in [0.5, 0.6) is 5.75 Å². The van der Waals surface area contributed by atoms with Gasteiger partial charge in [0.15, 0.2) is 11.4 Å². The minimum Gasteiger partial charge on any atom is -0.486 e. The van der Waals surface area contributed by atoms with Gasteiger partial charge in [0.05, 0.1) is 12.0 Å². The average Bonchev–Trinajstić information content (AvgIpc) is 3.00. The summed E-state index contributed by atoms with van der Waals surface area (Å²) in [7, 11) is 0. The SMILES string of the molecule is Cc1cc2ncc(C(=O)N3CCCC4(CC3)CC(=O)c3ccccc3O4)c(=O)n2[nH]1. The summed E-state index contributed by atoms with van der Waals surface area (Å²) in [5, 5.41) is 2.91. The summed E-state index contributed by atoms with van der Waals surface area (Å²) in [6, 6.07) is 9.05. The Hall–Kier alpha value is -3.42. The lowest BCUT2D eigenvalue weighted by molar-refractivity contribution is 0.0300. The molecule has 3 aromatic rings. The van der Waals surface area contributed by atoms with E-state index < -0.39 is 11.2 Å². The molecule has 8 heteroatoms. The fraction of sp³-hybridized carbons (Fsp3) is 0.364. The number of Topliss-reactive ketones (excluding diaryl/α,β-unsaturated/α-hetero) is 1. The van der Waals surface area contributed by atoms with Crippen molar-refractivity contribution in [1.29, 1.82) is 0 Å². The number of hydrogen-bond acceptors (Lipinski definition) is 5. The van der Waals surface area contributed by atoms with E-state index in [1.807, 2.05) is 25.1 Å². The topological polar surface area (TPSA) is 96.8 Å². The van der Waals surface area contributed by atoms with E-state index in [0.29, 0.717) is 55.7 Å². The van der Waals surface area contributed by atoms with Crippen LogP contribution in [0.25, 0.3) is 5.65 Å². The Balaban J connectivity index is 1.39. The summed E-state index contributed by atoms with van der Waals surface area (Å²) in [6.07, 6.45) is 3.58. The van der Waals surface area contributed by atoms with E-state index in [1.54, 1.807) is 17.0 Å². The number of aromatic amines is 1. The highest BCUT2D eigenvalue weighted by Gasteiger charge is 2.42. The molecular weight excluding hydrogens is 384 g/mol. The van der Waals surface area contributed by atoms with Crippen LogP contribution in [0.1, 0.15) is 52.1 Å². The zero-order valence-electron chi connectivity index (χ0n) is 16.7. The van der Waals surface area contributed by atoms with Crippen molar-refractivity contribution in [3.05, 3.63) is 63.7 Å². The number of aromatic nitrogens is 3. The second-order valence-corrected chi connectivity index (χ2v) is 8.14. The molecule has 1 saturated heterocycles. The van der Waals surface area contributed by atoms with Crippen molar-refractivity contribution in [2.24, 2.45) is 0 Å². The number of amides is 1. The van der Waals surface area contributed by atoms with E-state index in [2.05, 4.69) is 10.1 Å². The summed E-state index contributed by atoms with van der Waals surface area (Å²) in [5.41, 5.74) is 0.922. The maximum Gasteiger partial charge on any atom is 0.285 e. The Bertz CT molecular complexity index is 1230. The summed E-state index contributed by atoms with van der Waals surface area (Å²) >= 11 is 0. The molecule has 0 radical (unpaired) electrons. The lowest BCUT2D eigenvalue weighted by Gasteiger charge is -2.37. The molecule has 0 aliphatic carbocycles. The van der Waals surface area contributed by atoms with Gasteiger partial charge in [0.1, 0.15) is 16.9 Å². The molecule has 1 amide bonds. The first-order chi connectivity index (χ1) is 14.5. The lowest BCUT2D eigenvalue weighted by Crippen LogP contribution is -2.43. The first-order valence-corrected chi connectivity index (χ1v) is 10.1. The number of fused-ring (bicyclic) bond motifs is 2. The maximum absolute atomic E-state index is 13.1. The number of hydrogen-bond donors (Lipinski definition) is 1. The number of ether oxygens (including phenoxy) is 1. The van der Waals surface area contributed by atoms with Crippen LogP contribution >= 0.6 is 0 Å². The third-order valence-corrected chi connectivity index (χ3v) is 6.03. The van der Waals surface area contributed by atoms with Gasteiger partial charge in [0, 0.05) is 37.5 Å². The highest BCUT2D eigenvalue weighted by atomic mass is 16.5. The Labute approximate surface area is 172 Å². The lowest BCUT2D eigenvalue weighted by atomic mass is 9.84. The highest BCUT2D eigenvalue weighted by molar-refractivity contribution is 6.00. The van der Waals surface area contributed by atoms with Crippen LogP contribution in [0.4, 0.5) is 0 Å². The molecule has 1 spiro atoms. The number of carbonyl (C=O) groups excluding carboxylic acids is 2. The molecule has 0 bridgehead atoms. The number of nitrogens with one attached hydrogen (secondary N) is 1. The molecule has 8 nitrogen and oxygen atoms in total. The Morgan fingerprint density at radius 3 is 2.90 bits per heavy atom. The highest BCUT2D eigenvalue weighted by Crippen LogP contribution is 2.39. The van der Waals surface area contributed by atoms with Gasteiger partial charge in [0.2, 0.25) is 0 Å². The molecule has 154 valence electrons. The zero-order chi connectivity index (χ0) is 20.9. The van der Waals surface area contributed by atoms with E-state index >= 15 is 0 Å². The van der Waals surface area contributed by atoms with Gasteiger partial charge in [-0.05, 0) is 31.9 Å². The van der Waals surface area contributed by atoms with Gasteiger partial charge >= 0.3 is 0 Å². The van der Waals surface area contributed by atoms with Gasteiger partial charge in [0.25, 0.3) is 11.5 Å². The van der Waals surface area contributed by atoms with Crippen molar-refractivity contribution in [2.75, 3.05) is 13.1 Å². The number of nitrogens with zero attached hydrogens (tertiary/aromatic N) is 3. The van der Waals surface area contributed by atoms with Crippen molar-refractivity contribution in [3.63, 3.8) is 0 Å². The van der Waals surface area contributed by atoms with Gasteiger partial charge < -0.3 is 9.64 Å². The molecule has 1 aromatic carbocycles. The molecule has 1 unspecified atom stereocenters. The average molecular weight is 406 g/mol. The minimum absolute atomic E-state index is 0.0382.